The molecule has 2 aromatic carbocycles. The standard InChI is InChI=1S/C23H28Cl2N2O2S/c1-16(2)26-23(29)17(3)27(12-11-18-7-5-4-6-8-18)22(28)15-30-14-19-9-10-20(24)13-21(19)25/h4-10,13,16-17H,11-12,14-15H2,1-3H3,(H,26,29)/t17-/m0/s1. The van der Waals surface area contributed by atoms with Crippen molar-refractivity contribution in [3.8, 4) is 0 Å². The van der Waals surface area contributed by atoms with Crippen LogP contribution in [0.25, 0.3) is 0 Å². The Morgan fingerprint density at radius 2 is 1.77 bits per heavy atom. The van der Waals surface area contributed by atoms with Crippen molar-refractivity contribution in [2.24, 2.45) is 0 Å². The number of hydrogen-bond acceptors (Lipinski definition) is 3. The van der Waals surface area contributed by atoms with Crippen LogP contribution in [-0.2, 0) is 21.8 Å². The predicted molar refractivity (Wildman–Crippen MR) is 127 cm³/mol. The molecule has 1 atom stereocenters. The molecule has 0 aliphatic heterocycles. The number of amides is 2. The molecule has 0 bridgehead atoms. The van der Waals surface area contributed by atoms with Crippen molar-refractivity contribution < 1.29 is 9.59 Å². The Balaban J connectivity index is 2.01. The third-order valence-corrected chi connectivity index (χ3v) is 6.13. The maximum atomic E-state index is 13.0. The largest absolute Gasteiger partial charge is 0.352 e. The van der Waals surface area contributed by atoms with E-state index in [4.69, 9.17) is 23.2 Å². The molecule has 7 heteroatoms. The van der Waals surface area contributed by atoms with Gasteiger partial charge in [0.25, 0.3) is 0 Å². The van der Waals surface area contributed by atoms with E-state index in [2.05, 4.69) is 5.32 Å². The Hall–Kier alpha value is -1.69. The smallest absolute Gasteiger partial charge is 0.242 e. The van der Waals surface area contributed by atoms with Crippen LogP contribution in [0.3, 0.4) is 0 Å². The highest BCUT2D eigenvalue weighted by molar-refractivity contribution is 7.99. The maximum absolute atomic E-state index is 13.0. The van der Waals surface area contributed by atoms with Crippen LogP contribution in [0.2, 0.25) is 10.0 Å². The van der Waals surface area contributed by atoms with E-state index >= 15 is 0 Å². The second-order valence-electron chi connectivity index (χ2n) is 7.39. The van der Waals surface area contributed by atoms with Crippen molar-refractivity contribution >= 4 is 46.8 Å². The average Bonchev–Trinajstić information content (AvgIpc) is 2.70. The van der Waals surface area contributed by atoms with Crippen molar-refractivity contribution in [1.82, 2.24) is 10.2 Å². The van der Waals surface area contributed by atoms with E-state index in [9.17, 15) is 9.59 Å². The van der Waals surface area contributed by atoms with Gasteiger partial charge in [0.2, 0.25) is 11.8 Å². The zero-order chi connectivity index (χ0) is 22.1. The number of benzene rings is 2. The molecule has 0 aliphatic carbocycles. The Kier molecular flexibility index (Phi) is 10.0. The Morgan fingerprint density at radius 3 is 2.40 bits per heavy atom. The van der Waals surface area contributed by atoms with E-state index in [0.717, 1.165) is 11.1 Å². The number of carbonyl (C=O) groups excluding carboxylic acids is 2. The lowest BCUT2D eigenvalue weighted by Crippen LogP contribution is -2.50. The molecule has 2 aromatic rings. The van der Waals surface area contributed by atoms with E-state index in [0.29, 0.717) is 28.8 Å². The van der Waals surface area contributed by atoms with Gasteiger partial charge in [0.15, 0.2) is 0 Å². The van der Waals surface area contributed by atoms with Crippen LogP contribution in [0.1, 0.15) is 31.9 Å². The second kappa shape index (κ2) is 12.2. The van der Waals surface area contributed by atoms with E-state index in [1.807, 2.05) is 50.2 Å². The first-order valence-electron chi connectivity index (χ1n) is 9.93. The van der Waals surface area contributed by atoms with Crippen LogP contribution >= 0.6 is 35.0 Å². The lowest BCUT2D eigenvalue weighted by molar-refractivity contribution is -0.138. The third-order valence-electron chi connectivity index (χ3n) is 4.58. The number of halogens is 2. The maximum Gasteiger partial charge on any atom is 0.242 e. The topological polar surface area (TPSA) is 49.4 Å². The molecule has 1 N–H and O–H groups in total. The summed E-state index contributed by atoms with van der Waals surface area (Å²) in [5.74, 6) is 0.665. The molecule has 2 rings (SSSR count). The number of thioether (sulfide) groups is 1. The van der Waals surface area contributed by atoms with Gasteiger partial charge in [0.05, 0.1) is 5.75 Å². The summed E-state index contributed by atoms with van der Waals surface area (Å²) < 4.78 is 0. The summed E-state index contributed by atoms with van der Waals surface area (Å²) in [6.45, 7) is 6.08. The van der Waals surface area contributed by atoms with E-state index in [1.165, 1.54) is 11.8 Å². The monoisotopic (exact) mass is 466 g/mol. The molecular formula is C23H28Cl2N2O2S. The van der Waals surface area contributed by atoms with Gasteiger partial charge >= 0.3 is 0 Å². The van der Waals surface area contributed by atoms with Gasteiger partial charge in [-0.1, -0.05) is 59.6 Å². The summed E-state index contributed by atoms with van der Waals surface area (Å²) in [4.78, 5) is 27.2. The van der Waals surface area contributed by atoms with E-state index in [1.54, 1.807) is 24.0 Å². The van der Waals surface area contributed by atoms with Gasteiger partial charge in [-0.3, -0.25) is 9.59 Å². The molecule has 4 nitrogen and oxygen atoms in total. The number of nitrogens with one attached hydrogen (secondary N) is 1. The fourth-order valence-corrected chi connectivity index (χ4v) is 4.41. The number of hydrogen-bond donors (Lipinski definition) is 1. The highest BCUT2D eigenvalue weighted by atomic mass is 35.5. The summed E-state index contributed by atoms with van der Waals surface area (Å²) in [7, 11) is 0. The molecule has 0 spiro atoms. The third kappa shape index (κ3) is 7.86. The minimum atomic E-state index is -0.539. The molecule has 0 aliphatic rings. The molecule has 162 valence electrons. The van der Waals surface area contributed by atoms with Gasteiger partial charge < -0.3 is 10.2 Å². The van der Waals surface area contributed by atoms with Crippen LogP contribution in [0, 0.1) is 0 Å². The van der Waals surface area contributed by atoms with Gasteiger partial charge in [-0.2, -0.15) is 0 Å². The van der Waals surface area contributed by atoms with Crippen molar-refractivity contribution in [1.29, 1.82) is 0 Å². The zero-order valence-electron chi connectivity index (χ0n) is 17.5. The van der Waals surface area contributed by atoms with Gasteiger partial charge in [-0.25, -0.2) is 0 Å². The van der Waals surface area contributed by atoms with Gasteiger partial charge in [-0.15, -0.1) is 11.8 Å². The normalized spacial score (nSPS) is 11.9. The quantitative estimate of drug-likeness (QED) is 0.522. The fourth-order valence-electron chi connectivity index (χ4n) is 2.95. The Bertz CT molecular complexity index is 846. The molecule has 0 saturated carbocycles. The SMILES string of the molecule is CC(C)NC(=O)[C@H](C)N(CCc1ccccc1)C(=O)CSCc1ccc(Cl)cc1Cl. The first kappa shape index (κ1) is 24.6. The van der Waals surface area contributed by atoms with Gasteiger partial charge in [0.1, 0.15) is 6.04 Å². The van der Waals surface area contributed by atoms with E-state index < -0.39 is 6.04 Å². The average molecular weight is 467 g/mol. The molecule has 2 amide bonds. The molecule has 30 heavy (non-hydrogen) atoms. The fraction of sp³-hybridized carbons (Fsp3) is 0.391. The molecule has 0 fully saturated rings. The van der Waals surface area contributed by atoms with Crippen LogP contribution in [0.4, 0.5) is 0 Å². The van der Waals surface area contributed by atoms with Crippen molar-refractivity contribution in [3.05, 3.63) is 69.7 Å². The number of rotatable bonds is 10. The van der Waals surface area contributed by atoms with Crippen molar-refractivity contribution in [3.63, 3.8) is 0 Å². The summed E-state index contributed by atoms with van der Waals surface area (Å²) in [5.41, 5.74) is 2.06. The number of carbonyl (C=O) groups is 2. The molecule has 0 radical (unpaired) electrons. The molecule has 0 unspecified atom stereocenters. The first-order chi connectivity index (χ1) is 14.3. The summed E-state index contributed by atoms with van der Waals surface area (Å²) >= 11 is 13.6. The van der Waals surface area contributed by atoms with E-state index in [-0.39, 0.29) is 23.6 Å². The summed E-state index contributed by atoms with van der Waals surface area (Å²) in [6, 6.07) is 14.8. The minimum absolute atomic E-state index is 0.0208. The minimum Gasteiger partial charge on any atom is -0.352 e. The van der Waals surface area contributed by atoms with Crippen molar-refractivity contribution in [2.75, 3.05) is 12.3 Å². The molecular weight excluding hydrogens is 439 g/mol. The lowest BCUT2D eigenvalue weighted by Gasteiger charge is -2.29. The summed E-state index contributed by atoms with van der Waals surface area (Å²) in [5, 5.41) is 4.08. The first-order valence-corrected chi connectivity index (χ1v) is 11.8. The highest BCUT2D eigenvalue weighted by Crippen LogP contribution is 2.25. The van der Waals surface area contributed by atoms with Crippen LogP contribution in [0.5, 0.6) is 0 Å². The van der Waals surface area contributed by atoms with Crippen LogP contribution in [0.15, 0.2) is 48.5 Å². The Morgan fingerprint density at radius 1 is 1.07 bits per heavy atom. The molecule has 0 saturated heterocycles. The zero-order valence-corrected chi connectivity index (χ0v) is 19.9. The second-order valence-corrected chi connectivity index (χ2v) is 9.22. The molecule has 0 heterocycles. The van der Waals surface area contributed by atoms with Crippen LogP contribution < -0.4 is 5.32 Å². The van der Waals surface area contributed by atoms with Gasteiger partial charge in [0, 0.05) is 28.4 Å². The Labute approximate surface area is 193 Å². The lowest BCUT2D eigenvalue weighted by atomic mass is 10.1. The van der Waals surface area contributed by atoms with Crippen LogP contribution in [-0.4, -0.2) is 41.1 Å². The molecule has 0 aromatic heterocycles. The predicted octanol–water partition coefficient (Wildman–Crippen LogP) is 5.21. The highest BCUT2D eigenvalue weighted by Gasteiger charge is 2.26. The van der Waals surface area contributed by atoms with Crippen molar-refractivity contribution in [2.45, 2.75) is 45.0 Å². The summed E-state index contributed by atoms with van der Waals surface area (Å²) in [6.07, 6.45) is 0.694. The number of nitrogens with zero attached hydrogens (tertiary/aromatic N) is 1. The van der Waals surface area contributed by atoms with Gasteiger partial charge in [-0.05, 0) is 50.5 Å².